The van der Waals surface area contributed by atoms with Crippen molar-refractivity contribution in [1.82, 2.24) is 19.8 Å². The van der Waals surface area contributed by atoms with Gasteiger partial charge in [-0.25, -0.2) is 9.97 Å². The second-order valence-electron chi connectivity index (χ2n) is 6.93. The summed E-state index contributed by atoms with van der Waals surface area (Å²) in [4.78, 5) is 28.1. The zero-order valence-corrected chi connectivity index (χ0v) is 18.4. The standard InChI is InChI=1S/C19H23N5OS3/c1-12-13(2)28-18-16(12)17(20)21-19(22-18)27-11-15(25)24-6-4-23(5-7-24)9-14-3-8-26-10-14/h3,8,10H,4-7,9,11H2,1-2H3,(H2,20,21,22). The van der Waals surface area contributed by atoms with Crippen LogP contribution < -0.4 is 5.73 Å². The summed E-state index contributed by atoms with van der Waals surface area (Å²) in [6.07, 6.45) is 0. The van der Waals surface area contributed by atoms with E-state index in [0.717, 1.165) is 48.5 Å². The van der Waals surface area contributed by atoms with Crippen LogP contribution in [0.1, 0.15) is 16.0 Å². The van der Waals surface area contributed by atoms with E-state index in [-0.39, 0.29) is 5.91 Å². The third-order valence-electron chi connectivity index (χ3n) is 5.07. The molecule has 0 spiro atoms. The van der Waals surface area contributed by atoms with Crippen molar-refractivity contribution < 1.29 is 4.79 Å². The number of hydrogen-bond donors (Lipinski definition) is 1. The number of thioether (sulfide) groups is 1. The summed E-state index contributed by atoms with van der Waals surface area (Å²) in [6.45, 7) is 8.44. The summed E-state index contributed by atoms with van der Waals surface area (Å²) in [5.41, 5.74) is 8.63. The third-order valence-corrected chi connectivity index (χ3v) is 7.74. The van der Waals surface area contributed by atoms with Crippen molar-refractivity contribution in [2.45, 2.75) is 25.5 Å². The number of nitrogens with two attached hydrogens (primary N) is 1. The van der Waals surface area contributed by atoms with Gasteiger partial charge in [-0.1, -0.05) is 11.8 Å². The van der Waals surface area contributed by atoms with Crippen LogP contribution in [-0.4, -0.2) is 57.6 Å². The van der Waals surface area contributed by atoms with Crippen LogP contribution in [0.2, 0.25) is 0 Å². The van der Waals surface area contributed by atoms with Gasteiger partial charge in [-0.2, -0.15) is 11.3 Å². The number of aryl methyl sites for hydroxylation is 2. The molecule has 4 rings (SSSR count). The molecule has 0 radical (unpaired) electrons. The Hall–Kier alpha value is -1.68. The van der Waals surface area contributed by atoms with Gasteiger partial charge in [0.25, 0.3) is 0 Å². The molecular weight excluding hydrogens is 410 g/mol. The van der Waals surface area contributed by atoms with Gasteiger partial charge in [0, 0.05) is 37.6 Å². The van der Waals surface area contributed by atoms with Crippen molar-refractivity contribution in [2.75, 3.05) is 37.7 Å². The van der Waals surface area contributed by atoms with E-state index in [0.29, 0.717) is 16.7 Å². The normalized spacial score (nSPS) is 15.4. The Morgan fingerprint density at radius 2 is 2.04 bits per heavy atom. The SMILES string of the molecule is Cc1sc2nc(SCC(=O)N3CCN(Cc4ccsc4)CC3)nc(N)c2c1C. The van der Waals surface area contributed by atoms with Gasteiger partial charge in [-0.3, -0.25) is 9.69 Å². The molecule has 28 heavy (non-hydrogen) atoms. The van der Waals surface area contributed by atoms with E-state index in [9.17, 15) is 4.79 Å². The van der Waals surface area contributed by atoms with E-state index in [4.69, 9.17) is 5.73 Å². The second-order valence-corrected chi connectivity index (χ2v) is 9.86. The molecule has 0 unspecified atom stereocenters. The van der Waals surface area contributed by atoms with Gasteiger partial charge in [0.1, 0.15) is 10.6 Å². The van der Waals surface area contributed by atoms with E-state index in [1.807, 2.05) is 11.8 Å². The molecule has 0 aromatic carbocycles. The summed E-state index contributed by atoms with van der Waals surface area (Å²) < 4.78 is 0. The fraction of sp³-hybridized carbons (Fsp3) is 0.421. The Morgan fingerprint density at radius 1 is 1.25 bits per heavy atom. The molecule has 3 aromatic rings. The maximum absolute atomic E-state index is 12.6. The Labute approximate surface area is 176 Å². The highest BCUT2D eigenvalue weighted by Gasteiger charge is 2.22. The molecule has 1 aliphatic rings. The molecule has 9 heteroatoms. The quantitative estimate of drug-likeness (QED) is 0.491. The number of amides is 1. The minimum Gasteiger partial charge on any atom is -0.383 e. The molecule has 1 saturated heterocycles. The predicted octanol–water partition coefficient (Wildman–Crippen LogP) is 3.39. The zero-order valence-electron chi connectivity index (χ0n) is 16.0. The smallest absolute Gasteiger partial charge is 0.233 e. The summed E-state index contributed by atoms with van der Waals surface area (Å²) in [5, 5.41) is 5.82. The fourth-order valence-electron chi connectivity index (χ4n) is 3.34. The number of rotatable bonds is 5. The Kier molecular flexibility index (Phi) is 5.86. The van der Waals surface area contributed by atoms with Gasteiger partial charge in [-0.15, -0.1) is 11.3 Å². The first-order chi connectivity index (χ1) is 13.5. The minimum absolute atomic E-state index is 0.140. The molecule has 1 amide bonds. The zero-order chi connectivity index (χ0) is 19.7. The fourth-order valence-corrected chi connectivity index (χ4v) is 5.85. The van der Waals surface area contributed by atoms with Crippen molar-refractivity contribution in [2.24, 2.45) is 0 Å². The first kappa shape index (κ1) is 19.6. The summed E-state index contributed by atoms with van der Waals surface area (Å²) in [7, 11) is 0. The predicted molar refractivity (Wildman–Crippen MR) is 118 cm³/mol. The number of nitrogens with zero attached hydrogens (tertiary/aromatic N) is 4. The van der Waals surface area contributed by atoms with Crippen LogP contribution in [-0.2, 0) is 11.3 Å². The van der Waals surface area contributed by atoms with Crippen LogP contribution in [0.5, 0.6) is 0 Å². The molecule has 1 aliphatic heterocycles. The number of hydrogen-bond acceptors (Lipinski definition) is 8. The average Bonchev–Trinajstić information content (AvgIpc) is 3.28. The van der Waals surface area contributed by atoms with E-state index < -0.39 is 0 Å². The average molecular weight is 434 g/mol. The largest absolute Gasteiger partial charge is 0.383 e. The highest BCUT2D eigenvalue weighted by molar-refractivity contribution is 7.99. The van der Waals surface area contributed by atoms with Crippen LogP contribution in [0.25, 0.3) is 10.2 Å². The van der Waals surface area contributed by atoms with Crippen LogP contribution in [0, 0.1) is 13.8 Å². The van der Waals surface area contributed by atoms with Crippen LogP contribution in [0.15, 0.2) is 22.0 Å². The van der Waals surface area contributed by atoms with Crippen molar-refractivity contribution in [1.29, 1.82) is 0 Å². The second kappa shape index (κ2) is 8.36. The molecule has 6 nitrogen and oxygen atoms in total. The lowest BCUT2D eigenvalue weighted by Gasteiger charge is -2.34. The van der Waals surface area contributed by atoms with Gasteiger partial charge < -0.3 is 10.6 Å². The lowest BCUT2D eigenvalue weighted by atomic mass is 10.2. The van der Waals surface area contributed by atoms with E-state index in [2.05, 4.69) is 38.6 Å². The van der Waals surface area contributed by atoms with Crippen molar-refractivity contribution in [3.8, 4) is 0 Å². The number of anilines is 1. The monoisotopic (exact) mass is 433 g/mol. The van der Waals surface area contributed by atoms with Crippen molar-refractivity contribution >= 4 is 56.4 Å². The third kappa shape index (κ3) is 4.17. The molecule has 0 bridgehead atoms. The number of aromatic nitrogens is 2. The molecular formula is C19H23N5OS3. The highest BCUT2D eigenvalue weighted by Crippen LogP contribution is 2.33. The number of carbonyl (C=O) groups excluding carboxylic acids is 1. The Balaban J connectivity index is 1.32. The molecule has 4 heterocycles. The maximum atomic E-state index is 12.6. The van der Waals surface area contributed by atoms with E-state index in [1.54, 1.807) is 22.7 Å². The van der Waals surface area contributed by atoms with Crippen LogP contribution >= 0.6 is 34.4 Å². The van der Waals surface area contributed by atoms with Crippen molar-refractivity contribution in [3.63, 3.8) is 0 Å². The van der Waals surface area contributed by atoms with Gasteiger partial charge in [0.05, 0.1) is 11.1 Å². The highest BCUT2D eigenvalue weighted by atomic mass is 32.2. The lowest BCUT2D eigenvalue weighted by Crippen LogP contribution is -2.48. The van der Waals surface area contributed by atoms with Crippen molar-refractivity contribution in [3.05, 3.63) is 32.8 Å². The topological polar surface area (TPSA) is 75.4 Å². The van der Waals surface area contributed by atoms with Gasteiger partial charge in [0.15, 0.2) is 5.16 Å². The Bertz CT molecular complexity index is 977. The number of fused-ring (bicyclic) bond motifs is 1. The maximum Gasteiger partial charge on any atom is 0.233 e. The van der Waals surface area contributed by atoms with Crippen LogP contribution in [0.4, 0.5) is 5.82 Å². The molecule has 2 N–H and O–H groups in total. The number of carbonyl (C=O) groups is 1. The van der Waals surface area contributed by atoms with Crippen LogP contribution in [0.3, 0.4) is 0 Å². The van der Waals surface area contributed by atoms with Gasteiger partial charge >= 0.3 is 0 Å². The number of nitrogen functional groups attached to an aromatic ring is 1. The van der Waals surface area contributed by atoms with E-state index >= 15 is 0 Å². The summed E-state index contributed by atoms with van der Waals surface area (Å²) >= 11 is 4.73. The minimum atomic E-state index is 0.140. The molecule has 0 aliphatic carbocycles. The Morgan fingerprint density at radius 3 is 2.75 bits per heavy atom. The van der Waals surface area contributed by atoms with E-state index in [1.165, 1.54) is 22.2 Å². The summed E-state index contributed by atoms with van der Waals surface area (Å²) in [6, 6.07) is 2.16. The number of thiophene rings is 2. The summed E-state index contributed by atoms with van der Waals surface area (Å²) in [5.74, 6) is 0.989. The number of piperazine rings is 1. The molecule has 148 valence electrons. The van der Waals surface area contributed by atoms with Gasteiger partial charge in [-0.05, 0) is 41.8 Å². The first-order valence-electron chi connectivity index (χ1n) is 9.18. The molecule has 0 atom stereocenters. The van der Waals surface area contributed by atoms with Gasteiger partial charge in [0.2, 0.25) is 5.91 Å². The molecule has 3 aromatic heterocycles. The first-order valence-corrected chi connectivity index (χ1v) is 11.9. The lowest BCUT2D eigenvalue weighted by molar-refractivity contribution is -0.130. The molecule has 1 fully saturated rings. The molecule has 0 saturated carbocycles.